The molecule has 6 nitrogen and oxygen atoms in total. The molecule has 1 amide bonds. The van der Waals surface area contributed by atoms with Gasteiger partial charge in [0.15, 0.2) is 0 Å². The molecule has 0 unspecified atom stereocenters. The van der Waals surface area contributed by atoms with Crippen molar-refractivity contribution in [1.82, 2.24) is 4.90 Å². The number of β-amino-alcohol motifs (C(OH)–C–C–N with tert-alkyl or cyclic N) is 1. The molecule has 0 aromatic heterocycles. The lowest BCUT2D eigenvalue weighted by Crippen LogP contribution is -2.53. The summed E-state index contributed by atoms with van der Waals surface area (Å²) in [5, 5.41) is 19.6. The van der Waals surface area contributed by atoms with Crippen LogP contribution in [0.3, 0.4) is 0 Å². The molecule has 0 aliphatic carbocycles. The van der Waals surface area contributed by atoms with Gasteiger partial charge < -0.3 is 10.0 Å². The van der Waals surface area contributed by atoms with Crippen molar-refractivity contribution in [2.75, 3.05) is 13.1 Å². The molecule has 1 aromatic rings. The molecule has 1 aliphatic heterocycles. The minimum absolute atomic E-state index is 0.0149. The zero-order valence-electron chi connectivity index (χ0n) is 11.1. The molecule has 104 valence electrons. The van der Waals surface area contributed by atoms with Gasteiger partial charge in [0.1, 0.15) is 0 Å². The number of hydrogen-bond donors (Lipinski definition) is 1. The van der Waals surface area contributed by atoms with Crippen LogP contribution in [0.25, 0.3) is 0 Å². The Labute approximate surface area is 111 Å². The quantitative estimate of drug-likeness (QED) is 0.661. The Balaban J connectivity index is 0.000000861. The minimum atomic E-state index is -0.485. The van der Waals surface area contributed by atoms with Crippen LogP contribution < -0.4 is 0 Å². The third-order valence-corrected chi connectivity index (χ3v) is 2.69. The van der Waals surface area contributed by atoms with Crippen molar-refractivity contribution in [3.63, 3.8) is 0 Å². The first-order valence-corrected chi connectivity index (χ1v) is 6.25. The lowest BCUT2D eigenvalue weighted by molar-refractivity contribution is -0.384. The molecule has 1 aromatic carbocycles. The molecule has 0 saturated carbocycles. The van der Waals surface area contributed by atoms with Gasteiger partial charge in [-0.2, -0.15) is 0 Å². The SMILES string of the molecule is CC.O=C(Cc1cccc([N+](=O)[O-])c1)N1CC(O)C1. The van der Waals surface area contributed by atoms with Gasteiger partial charge in [-0.15, -0.1) is 0 Å². The number of nitro benzene ring substituents is 1. The molecular weight excluding hydrogens is 248 g/mol. The fraction of sp³-hybridized carbons (Fsp3) is 0.462. The molecular formula is C13H18N2O4. The van der Waals surface area contributed by atoms with Crippen molar-refractivity contribution < 1.29 is 14.8 Å². The van der Waals surface area contributed by atoms with Crippen molar-refractivity contribution in [2.24, 2.45) is 0 Å². The molecule has 19 heavy (non-hydrogen) atoms. The average Bonchev–Trinajstić information content (AvgIpc) is 2.37. The smallest absolute Gasteiger partial charge is 0.269 e. The van der Waals surface area contributed by atoms with E-state index in [2.05, 4.69) is 0 Å². The van der Waals surface area contributed by atoms with Gasteiger partial charge in [-0.05, 0) is 5.56 Å². The number of benzene rings is 1. The van der Waals surface area contributed by atoms with Crippen LogP contribution in [0, 0.1) is 10.1 Å². The van der Waals surface area contributed by atoms with Crippen molar-refractivity contribution in [3.05, 3.63) is 39.9 Å². The molecule has 1 aliphatic rings. The fourth-order valence-electron chi connectivity index (χ4n) is 1.73. The first kappa shape index (κ1) is 15.1. The fourth-order valence-corrected chi connectivity index (χ4v) is 1.73. The summed E-state index contributed by atoms with van der Waals surface area (Å²) in [4.78, 5) is 23.3. The van der Waals surface area contributed by atoms with E-state index >= 15 is 0 Å². The highest BCUT2D eigenvalue weighted by atomic mass is 16.6. The van der Waals surface area contributed by atoms with Crippen LogP contribution in [0.15, 0.2) is 24.3 Å². The number of rotatable bonds is 3. The number of non-ortho nitro benzene ring substituents is 1. The Morgan fingerprint density at radius 1 is 1.47 bits per heavy atom. The Kier molecular flexibility index (Phi) is 5.44. The van der Waals surface area contributed by atoms with Gasteiger partial charge in [-0.3, -0.25) is 14.9 Å². The van der Waals surface area contributed by atoms with E-state index < -0.39 is 11.0 Å². The molecule has 0 bridgehead atoms. The maximum Gasteiger partial charge on any atom is 0.269 e. The summed E-state index contributed by atoms with van der Waals surface area (Å²) in [7, 11) is 0. The van der Waals surface area contributed by atoms with Crippen molar-refractivity contribution in [2.45, 2.75) is 26.4 Å². The molecule has 0 radical (unpaired) electrons. The van der Waals surface area contributed by atoms with Gasteiger partial charge in [-0.25, -0.2) is 0 Å². The van der Waals surface area contributed by atoms with Crippen molar-refractivity contribution >= 4 is 11.6 Å². The predicted molar refractivity (Wildman–Crippen MR) is 70.7 cm³/mol. The van der Waals surface area contributed by atoms with E-state index in [9.17, 15) is 14.9 Å². The van der Waals surface area contributed by atoms with Crippen LogP contribution in [0.5, 0.6) is 0 Å². The summed E-state index contributed by atoms with van der Waals surface area (Å²) in [6.07, 6.45) is -0.293. The number of amides is 1. The third kappa shape index (κ3) is 4.03. The summed E-state index contributed by atoms with van der Waals surface area (Å²) in [6.45, 7) is 4.71. The Morgan fingerprint density at radius 3 is 2.63 bits per heavy atom. The first-order chi connectivity index (χ1) is 9.06. The zero-order valence-corrected chi connectivity index (χ0v) is 11.1. The van der Waals surface area contributed by atoms with Crippen molar-refractivity contribution in [1.29, 1.82) is 0 Å². The number of likely N-dealkylation sites (tertiary alicyclic amines) is 1. The summed E-state index contributed by atoms with van der Waals surface area (Å²) in [5.41, 5.74) is 0.601. The Hall–Kier alpha value is -1.95. The van der Waals surface area contributed by atoms with E-state index in [0.29, 0.717) is 18.7 Å². The molecule has 2 rings (SSSR count). The molecule has 1 heterocycles. The number of carbonyl (C=O) groups excluding carboxylic acids is 1. The van der Waals surface area contributed by atoms with Crippen LogP contribution >= 0.6 is 0 Å². The van der Waals surface area contributed by atoms with Crippen molar-refractivity contribution in [3.8, 4) is 0 Å². The van der Waals surface area contributed by atoms with Crippen LogP contribution in [-0.2, 0) is 11.2 Å². The highest BCUT2D eigenvalue weighted by Gasteiger charge is 2.28. The van der Waals surface area contributed by atoms with Gasteiger partial charge in [0.05, 0.1) is 17.4 Å². The van der Waals surface area contributed by atoms with Crippen LogP contribution in [0.4, 0.5) is 5.69 Å². The van der Waals surface area contributed by atoms with E-state index in [1.165, 1.54) is 17.0 Å². The topological polar surface area (TPSA) is 83.7 Å². The summed E-state index contributed by atoms with van der Waals surface area (Å²) < 4.78 is 0. The molecule has 0 atom stereocenters. The van der Waals surface area contributed by atoms with E-state index in [-0.39, 0.29) is 18.0 Å². The maximum absolute atomic E-state index is 11.7. The number of aliphatic hydroxyl groups excluding tert-OH is 1. The summed E-state index contributed by atoms with van der Waals surface area (Å²) >= 11 is 0. The van der Waals surface area contributed by atoms with Crippen LogP contribution in [-0.4, -0.2) is 40.0 Å². The Bertz CT molecular complexity index is 456. The second-order valence-electron chi connectivity index (χ2n) is 4.06. The number of hydrogen-bond acceptors (Lipinski definition) is 4. The second-order valence-corrected chi connectivity index (χ2v) is 4.06. The molecule has 6 heteroatoms. The highest BCUT2D eigenvalue weighted by molar-refractivity contribution is 5.79. The predicted octanol–water partition coefficient (Wildman–Crippen LogP) is 1.37. The number of nitro groups is 1. The second kappa shape index (κ2) is 6.84. The molecule has 1 saturated heterocycles. The highest BCUT2D eigenvalue weighted by Crippen LogP contribution is 2.15. The third-order valence-electron chi connectivity index (χ3n) is 2.69. The average molecular weight is 266 g/mol. The number of nitrogens with zero attached hydrogens (tertiary/aromatic N) is 2. The number of carbonyl (C=O) groups is 1. The van der Waals surface area contributed by atoms with Gasteiger partial charge in [-0.1, -0.05) is 26.0 Å². The van der Waals surface area contributed by atoms with E-state index in [1.807, 2.05) is 13.8 Å². The number of aliphatic hydroxyl groups is 1. The normalized spacial score (nSPS) is 14.2. The largest absolute Gasteiger partial charge is 0.389 e. The van der Waals surface area contributed by atoms with E-state index in [4.69, 9.17) is 5.11 Å². The molecule has 0 spiro atoms. The van der Waals surface area contributed by atoms with Gasteiger partial charge in [0.2, 0.25) is 5.91 Å². The molecule has 1 N–H and O–H groups in total. The van der Waals surface area contributed by atoms with E-state index in [1.54, 1.807) is 12.1 Å². The Morgan fingerprint density at radius 2 is 2.11 bits per heavy atom. The van der Waals surface area contributed by atoms with Gasteiger partial charge in [0.25, 0.3) is 5.69 Å². The summed E-state index contributed by atoms with van der Waals surface area (Å²) in [5.74, 6) is -0.115. The minimum Gasteiger partial charge on any atom is -0.389 e. The van der Waals surface area contributed by atoms with Crippen LogP contribution in [0.1, 0.15) is 19.4 Å². The lowest BCUT2D eigenvalue weighted by atomic mass is 10.1. The van der Waals surface area contributed by atoms with Gasteiger partial charge >= 0.3 is 0 Å². The summed E-state index contributed by atoms with van der Waals surface area (Å²) in [6, 6.07) is 6.03. The van der Waals surface area contributed by atoms with E-state index in [0.717, 1.165) is 0 Å². The monoisotopic (exact) mass is 266 g/mol. The first-order valence-electron chi connectivity index (χ1n) is 6.25. The molecule has 1 fully saturated rings. The standard InChI is InChI=1S/C11H12N2O4.C2H6/c14-10-6-12(7-10)11(15)5-8-2-1-3-9(4-8)13(16)17;1-2/h1-4,10,14H,5-7H2;1-2H3. The maximum atomic E-state index is 11.7. The lowest BCUT2D eigenvalue weighted by Gasteiger charge is -2.35. The zero-order chi connectivity index (χ0) is 14.4. The van der Waals surface area contributed by atoms with Crippen LogP contribution in [0.2, 0.25) is 0 Å². The van der Waals surface area contributed by atoms with Gasteiger partial charge in [0, 0.05) is 25.2 Å².